The number of methoxy groups -OCH3 is 1. The number of benzene rings is 3. The van der Waals surface area contributed by atoms with Crippen LogP contribution < -0.4 is 15.4 Å². The highest BCUT2D eigenvalue weighted by Gasteiger charge is 2.36. The lowest BCUT2D eigenvalue weighted by Gasteiger charge is -2.34. The number of likely N-dealkylation sites (N-methyl/N-ethyl adjacent to an activating group) is 1. The van der Waals surface area contributed by atoms with Gasteiger partial charge in [-0.1, -0.05) is 18.2 Å². The minimum atomic E-state index is -1.10. The van der Waals surface area contributed by atoms with Crippen LogP contribution in [0.1, 0.15) is 50.4 Å². The predicted molar refractivity (Wildman–Crippen MR) is 160 cm³/mol. The first-order valence-electron chi connectivity index (χ1n) is 13.6. The molecule has 0 fully saturated rings. The molecular formula is C32H39N3O7. The first-order chi connectivity index (χ1) is 19.8. The van der Waals surface area contributed by atoms with Crippen LogP contribution in [0.5, 0.6) is 17.2 Å². The summed E-state index contributed by atoms with van der Waals surface area (Å²) in [5, 5.41) is 25.4. The van der Waals surface area contributed by atoms with Gasteiger partial charge in [0.05, 0.1) is 7.11 Å². The van der Waals surface area contributed by atoms with E-state index in [4.69, 9.17) is 9.47 Å². The normalized spacial score (nSPS) is 12.5. The Labute approximate surface area is 246 Å². The third kappa shape index (κ3) is 8.63. The molecule has 0 saturated carbocycles. The van der Waals surface area contributed by atoms with Crippen LogP contribution in [-0.4, -0.2) is 58.3 Å². The number of rotatable bonds is 10. The third-order valence-corrected chi connectivity index (χ3v) is 6.44. The monoisotopic (exact) mass is 577 g/mol. The number of nitrogens with one attached hydrogen (secondary N) is 2. The maximum Gasteiger partial charge on any atom is 0.408 e. The summed E-state index contributed by atoms with van der Waals surface area (Å²) in [6, 6.07) is 15.6. The van der Waals surface area contributed by atoms with Gasteiger partial charge in [0.15, 0.2) is 0 Å². The van der Waals surface area contributed by atoms with Crippen molar-refractivity contribution in [2.45, 2.75) is 58.7 Å². The maximum atomic E-state index is 14.2. The largest absolute Gasteiger partial charge is 0.508 e. The van der Waals surface area contributed by atoms with E-state index in [9.17, 15) is 24.6 Å². The molecule has 0 heterocycles. The van der Waals surface area contributed by atoms with Crippen LogP contribution in [0.3, 0.4) is 0 Å². The average molecular weight is 578 g/mol. The number of aryl methyl sites for hydroxylation is 1. The molecule has 10 nitrogen and oxygen atoms in total. The van der Waals surface area contributed by atoms with Gasteiger partial charge in [-0.25, -0.2) is 4.79 Å². The molecule has 2 atom stereocenters. The third-order valence-electron chi connectivity index (χ3n) is 6.44. The second-order valence-electron chi connectivity index (χ2n) is 10.9. The Bertz CT molecular complexity index is 1380. The van der Waals surface area contributed by atoms with Crippen LogP contribution >= 0.6 is 0 Å². The van der Waals surface area contributed by atoms with E-state index in [-0.39, 0.29) is 24.5 Å². The van der Waals surface area contributed by atoms with E-state index >= 15 is 0 Å². The fourth-order valence-corrected chi connectivity index (χ4v) is 4.39. The molecular weight excluding hydrogens is 538 g/mol. The van der Waals surface area contributed by atoms with Gasteiger partial charge in [0.2, 0.25) is 5.91 Å². The molecule has 3 aromatic carbocycles. The van der Waals surface area contributed by atoms with Crippen molar-refractivity contribution in [1.29, 1.82) is 0 Å². The van der Waals surface area contributed by atoms with E-state index in [1.165, 1.54) is 23.1 Å². The van der Waals surface area contributed by atoms with E-state index in [0.29, 0.717) is 28.1 Å². The zero-order valence-corrected chi connectivity index (χ0v) is 24.8. The van der Waals surface area contributed by atoms with E-state index < -0.39 is 35.6 Å². The van der Waals surface area contributed by atoms with Gasteiger partial charge in [-0.15, -0.1) is 0 Å². The summed E-state index contributed by atoms with van der Waals surface area (Å²) in [5.74, 6) is -0.262. The summed E-state index contributed by atoms with van der Waals surface area (Å²) in [7, 11) is 1.54. The minimum absolute atomic E-state index is 0.0548. The predicted octanol–water partition coefficient (Wildman–Crippen LogP) is 5.08. The van der Waals surface area contributed by atoms with Crippen LogP contribution in [0.25, 0.3) is 0 Å². The average Bonchev–Trinajstić information content (AvgIpc) is 2.93. The Morgan fingerprint density at radius 2 is 1.60 bits per heavy atom. The number of aromatic hydroxyl groups is 2. The Morgan fingerprint density at radius 3 is 2.14 bits per heavy atom. The molecule has 0 aromatic heterocycles. The van der Waals surface area contributed by atoms with Gasteiger partial charge in [0, 0.05) is 18.7 Å². The van der Waals surface area contributed by atoms with E-state index in [1.807, 2.05) is 0 Å². The van der Waals surface area contributed by atoms with Crippen LogP contribution in [0.4, 0.5) is 10.5 Å². The quantitative estimate of drug-likeness (QED) is 0.264. The molecule has 0 spiro atoms. The Morgan fingerprint density at radius 1 is 0.952 bits per heavy atom. The van der Waals surface area contributed by atoms with Crippen molar-refractivity contribution in [1.82, 2.24) is 10.2 Å². The summed E-state index contributed by atoms with van der Waals surface area (Å²) < 4.78 is 10.6. The molecule has 0 aliphatic rings. The lowest BCUT2D eigenvalue weighted by Crippen LogP contribution is -2.53. The van der Waals surface area contributed by atoms with Crippen molar-refractivity contribution >= 4 is 23.6 Å². The van der Waals surface area contributed by atoms with E-state index in [1.54, 1.807) is 90.3 Å². The van der Waals surface area contributed by atoms with Crippen LogP contribution in [-0.2, 0) is 20.7 Å². The van der Waals surface area contributed by atoms with Gasteiger partial charge in [0.25, 0.3) is 5.91 Å². The number of hydrogen-bond donors (Lipinski definition) is 4. The number of hydrogen-bond acceptors (Lipinski definition) is 7. The van der Waals surface area contributed by atoms with Gasteiger partial charge in [-0.3, -0.25) is 9.59 Å². The molecule has 0 radical (unpaired) electrons. The van der Waals surface area contributed by atoms with Crippen LogP contribution in [0.2, 0.25) is 0 Å². The Balaban J connectivity index is 2.02. The maximum absolute atomic E-state index is 14.2. The Hall–Kier alpha value is -4.73. The highest BCUT2D eigenvalue weighted by molar-refractivity contribution is 5.99. The number of phenolic OH excluding ortho intramolecular Hbond substituents is 2. The van der Waals surface area contributed by atoms with Gasteiger partial charge >= 0.3 is 6.09 Å². The fourth-order valence-electron chi connectivity index (χ4n) is 4.39. The topological polar surface area (TPSA) is 137 Å². The molecule has 0 saturated heterocycles. The first-order valence-corrected chi connectivity index (χ1v) is 13.6. The molecule has 3 aromatic rings. The van der Waals surface area contributed by atoms with Crippen molar-refractivity contribution in [2.24, 2.45) is 0 Å². The standard InChI is InChI=1S/C32H39N3O7/c1-7-35(30(39)26(34-31(40)42-32(3,4)5)19-21-8-13-24(36)14-9-21)28(22-10-17-27(37)20(2)18-22)29(38)33-23-11-15-25(41-6)16-12-23/h8-18,26,28,36-37H,7,19H2,1-6H3,(H,33,38)(H,34,40). The number of phenols is 2. The number of ether oxygens (including phenoxy) is 2. The number of anilines is 1. The number of nitrogens with zero attached hydrogens (tertiary/aromatic N) is 1. The second-order valence-corrected chi connectivity index (χ2v) is 10.9. The molecule has 0 aliphatic heterocycles. The number of amides is 3. The molecule has 0 bridgehead atoms. The van der Waals surface area contributed by atoms with Crippen molar-refractivity contribution in [3.05, 3.63) is 83.4 Å². The molecule has 224 valence electrons. The fraction of sp³-hybridized carbons (Fsp3) is 0.344. The summed E-state index contributed by atoms with van der Waals surface area (Å²) >= 11 is 0. The number of carbonyl (C=O) groups is 3. The summed E-state index contributed by atoms with van der Waals surface area (Å²) in [4.78, 5) is 42.3. The molecule has 3 amide bonds. The van der Waals surface area contributed by atoms with Crippen molar-refractivity contribution in [3.63, 3.8) is 0 Å². The van der Waals surface area contributed by atoms with Gasteiger partial charge < -0.3 is 35.2 Å². The minimum Gasteiger partial charge on any atom is -0.508 e. The molecule has 0 aliphatic carbocycles. The zero-order chi connectivity index (χ0) is 31.0. The van der Waals surface area contributed by atoms with Gasteiger partial charge in [-0.2, -0.15) is 0 Å². The zero-order valence-electron chi connectivity index (χ0n) is 24.8. The summed E-state index contributed by atoms with van der Waals surface area (Å²) in [6.45, 7) is 8.72. The van der Waals surface area contributed by atoms with Gasteiger partial charge in [-0.05, 0) is 99.8 Å². The number of alkyl carbamates (subject to hydrolysis) is 1. The lowest BCUT2D eigenvalue weighted by molar-refractivity contribution is -0.140. The molecule has 4 N–H and O–H groups in total. The SMILES string of the molecule is CCN(C(=O)C(Cc1ccc(O)cc1)NC(=O)OC(C)(C)C)C(C(=O)Nc1ccc(OC)cc1)c1ccc(O)c(C)c1. The molecule has 42 heavy (non-hydrogen) atoms. The Kier molecular flexibility index (Phi) is 10.4. The van der Waals surface area contributed by atoms with Crippen molar-refractivity contribution in [3.8, 4) is 17.2 Å². The molecule has 10 heteroatoms. The van der Waals surface area contributed by atoms with Crippen LogP contribution in [0, 0.1) is 6.92 Å². The molecule has 3 rings (SSSR count). The van der Waals surface area contributed by atoms with E-state index in [0.717, 1.165) is 0 Å². The summed E-state index contributed by atoms with van der Waals surface area (Å²) in [6.07, 6.45) is -0.702. The van der Waals surface area contributed by atoms with Crippen molar-refractivity contribution in [2.75, 3.05) is 19.0 Å². The second kappa shape index (κ2) is 13.8. The van der Waals surface area contributed by atoms with E-state index in [2.05, 4.69) is 10.6 Å². The smallest absolute Gasteiger partial charge is 0.408 e. The first kappa shape index (κ1) is 31.8. The molecule has 2 unspecified atom stereocenters. The number of carbonyl (C=O) groups excluding carboxylic acids is 3. The van der Waals surface area contributed by atoms with Gasteiger partial charge in [0.1, 0.15) is 34.9 Å². The van der Waals surface area contributed by atoms with Crippen LogP contribution in [0.15, 0.2) is 66.7 Å². The highest BCUT2D eigenvalue weighted by atomic mass is 16.6. The lowest BCUT2D eigenvalue weighted by atomic mass is 9.98. The van der Waals surface area contributed by atoms with Crippen molar-refractivity contribution < 1.29 is 34.1 Å². The highest BCUT2D eigenvalue weighted by Crippen LogP contribution is 2.29. The summed E-state index contributed by atoms with van der Waals surface area (Å²) in [5.41, 5.74) is 1.39.